The number of hydrogen-bond acceptors (Lipinski definition) is 4. The van der Waals surface area contributed by atoms with Gasteiger partial charge in [-0.25, -0.2) is 0 Å². The first-order chi connectivity index (χ1) is 9.27. The predicted octanol–water partition coefficient (Wildman–Crippen LogP) is 2.85. The Bertz CT molecular complexity index is 347. The van der Waals surface area contributed by atoms with Gasteiger partial charge in [0.15, 0.2) is 0 Å². The molecule has 1 atom stereocenters. The second kappa shape index (κ2) is 10.1. The molecule has 0 spiro atoms. The summed E-state index contributed by atoms with van der Waals surface area (Å²) in [6.45, 7) is 1.56. The number of hydrogen-bond donors (Lipinski definition) is 2. The molecule has 2 N–H and O–H groups in total. The molecule has 1 unspecified atom stereocenters. The Morgan fingerprint density at radius 2 is 2.16 bits per heavy atom. The molecule has 108 valence electrons. The molecule has 0 amide bonds. The summed E-state index contributed by atoms with van der Waals surface area (Å²) in [5.74, 6) is 2.03. The summed E-state index contributed by atoms with van der Waals surface area (Å²) in [5.41, 5.74) is 0.897. The highest BCUT2D eigenvalue weighted by atomic mass is 32.2. The monoisotopic (exact) mass is 283 g/mol. The molecule has 1 rings (SSSR count). The van der Waals surface area contributed by atoms with Crippen molar-refractivity contribution in [2.24, 2.45) is 0 Å². The fourth-order valence-electron chi connectivity index (χ4n) is 1.88. The van der Waals surface area contributed by atoms with E-state index in [1.54, 1.807) is 7.11 Å². The summed E-state index contributed by atoms with van der Waals surface area (Å²) in [6, 6.07) is 7.59. The number of nitrogens with one attached hydrogen (secondary N) is 1. The zero-order chi connectivity index (χ0) is 13.9. The zero-order valence-electron chi connectivity index (χ0n) is 11.9. The van der Waals surface area contributed by atoms with E-state index in [4.69, 9.17) is 4.74 Å². The number of aliphatic hydroxyl groups is 1. The Labute approximate surface area is 120 Å². The van der Waals surface area contributed by atoms with Crippen LogP contribution in [0.2, 0.25) is 0 Å². The minimum Gasteiger partial charge on any atom is -0.497 e. The number of ether oxygens (including phenoxy) is 1. The van der Waals surface area contributed by atoms with E-state index >= 15 is 0 Å². The van der Waals surface area contributed by atoms with Gasteiger partial charge in [0.25, 0.3) is 0 Å². The third-order valence-corrected chi connectivity index (χ3v) is 3.72. The van der Waals surface area contributed by atoms with Crippen molar-refractivity contribution < 1.29 is 9.84 Å². The number of unbranched alkanes of at least 4 members (excludes halogenated alkanes) is 2. The molecule has 0 heterocycles. The summed E-state index contributed by atoms with van der Waals surface area (Å²) in [4.78, 5) is 0. The molecule has 0 aliphatic rings. The number of methoxy groups -OCH3 is 1. The number of benzene rings is 1. The lowest BCUT2D eigenvalue weighted by atomic mass is 10.1. The first-order valence-electron chi connectivity index (χ1n) is 6.79. The number of thioether (sulfide) groups is 1. The average Bonchev–Trinajstić information content (AvgIpc) is 2.46. The van der Waals surface area contributed by atoms with Gasteiger partial charge in [0, 0.05) is 6.54 Å². The molecule has 1 aromatic carbocycles. The van der Waals surface area contributed by atoms with Gasteiger partial charge in [0.1, 0.15) is 5.75 Å². The van der Waals surface area contributed by atoms with Gasteiger partial charge in [-0.05, 0) is 49.1 Å². The maximum atomic E-state index is 10.1. The van der Waals surface area contributed by atoms with Crippen LogP contribution in [0.15, 0.2) is 24.3 Å². The highest BCUT2D eigenvalue weighted by Crippen LogP contribution is 2.18. The molecular formula is C15H25NO2S. The van der Waals surface area contributed by atoms with Crippen LogP contribution in [0.1, 0.15) is 30.9 Å². The van der Waals surface area contributed by atoms with E-state index in [0.29, 0.717) is 6.54 Å². The Kier molecular flexibility index (Phi) is 8.71. The van der Waals surface area contributed by atoms with Crippen LogP contribution in [-0.2, 0) is 0 Å². The van der Waals surface area contributed by atoms with E-state index in [-0.39, 0.29) is 0 Å². The highest BCUT2D eigenvalue weighted by Gasteiger charge is 2.07. The van der Waals surface area contributed by atoms with Crippen molar-refractivity contribution in [2.45, 2.75) is 25.4 Å². The lowest BCUT2D eigenvalue weighted by Crippen LogP contribution is -2.22. The molecule has 0 aromatic heterocycles. The van der Waals surface area contributed by atoms with E-state index < -0.39 is 6.10 Å². The molecule has 0 saturated carbocycles. The fourth-order valence-corrected chi connectivity index (χ4v) is 2.37. The Balaban J connectivity index is 2.18. The Morgan fingerprint density at radius 1 is 1.32 bits per heavy atom. The summed E-state index contributed by atoms with van der Waals surface area (Å²) < 4.78 is 5.15. The molecule has 0 aliphatic heterocycles. The smallest absolute Gasteiger partial charge is 0.119 e. The van der Waals surface area contributed by atoms with Crippen molar-refractivity contribution in [2.75, 3.05) is 32.2 Å². The average molecular weight is 283 g/mol. The summed E-state index contributed by atoms with van der Waals surface area (Å²) in [5, 5.41) is 13.4. The lowest BCUT2D eigenvalue weighted by Gasteiger charge is -2.13. The fraction of sp³-hybridized carbons (Fsp3) is 0.600. The van der Waals surface area contributed by atoms with Gasteiger partial charge < -0.3 is 15.2 Å². The summed E-state index contributed by atoms with van der Waals surface area (Å²) in [6.07, 6.45) is 5.37. The molecule has 0 saturated heterocycles. The van der Waals surface area contributed by atoms with Crippen molar-refractivity contribution >= 4 is 11.8 Å². The van der Waals surface area contributed by atoms with Crippen LogP contribution in [0.5, 0.6) is 5.75 Å². The van der Waals surface area contributed by atoms with Gasteiger partial charge in [-0.2, -0.15) is 11.8 Å². The molecule has 3 nitrogen and oxygen atoms in total. The predicted molar refractivity (Wildman–Crippen MR) is 83.1 cm³/mol. The molecule has 19 heavy (non-hydrogen) atoms. The van der Waals surface area contributed by atoms with Crippen molar-refractivity contribution in [3.63, 3.8) is 0 Å². The second-order valence-electron chi connectivity index (χ2n) is 4.55. The van der Waals surface area contributed by atoms with Gasteiger partial charge in [-0.3, -0.25) is 0 Å². The maximum Gasteiger partial charge on any atom is 0.119 e. The van der Waals surface area contributed by atoms with Crippen LogP contribution >= 0.6 is 11.8 Å². The summed E-state index contributed by atoms with van der Waals surface area (Å²) >= 11 is 1.90. The molecular weight excluding hydrogens is 258 g/mol. The van der Waals surface area contributed by atoms with Crippen LogP contribution in [0.4, 0.5) is 0 Å². The van der Waals surface area contributed by atoms with Crippen LogP contribution < -0.4 is 10.1 Å². The third kappa shape index (κ3) is 6.85. The normalized spacial score (nSPS) is 12.4. The molecule has 0 bridgehead atoms. The molecule has 0 fully saturated rings. The summed E-state index contributed by atoms with van der Waals surface area (Å²) in [7, 11) is 1.64. The van der Waals surface area contributed by atoms with Crippen molar-refractivity contribution in [1.29, 1.82) is 0 Å². The minimum atomic E-state index is -0.471. The Morgan fingerprint density at radius 3 is 2.89 bits per heavy atom. The van der Waals surface area contributed by atoms with Crippen LogP contribution in [0.25, 0.3) is 0 Å². The first kappa shape index (κ1) is 16.3. The molecule has 1 aromatic rings. The van der Waals surface area contributed by atoms with E-state index in [0.717, 1.165) is 17.9 Å². The second-order valence-corrected chi connectivity index (χ2v) is 5.54. The number of aliphatic hydroxyl groups excluding tert-OH is 1. The molecule has 0 radical (unpaired) electrons. The quantitative estimate of drug-likeness (QED) is 0.648. The van der Waals surface area contributed by atoms with Crippen molar-refractivity contribution in [1.82, 2.24) is 5.32 Å². The topological polar surface area (TPSA) is 41.5 Å². The Hall–Kier alpha value is -0.710. The van der Waals surface area contributed by atoms with E-state index in [9.17, 15) is 5.11 Å². The van der Waals surface area contributed by atoms with Crippen LogP contribution in [0.3, 0.4) is 0 Å². The van der Waals surface area contributed by atoms with Gasteiger partial charge in [-0.1, -0.05) is 18.6 Å². The van der Waals surface area contributed by atoms with Gasteiger partial charge in [0.05, 0.1) is 13.2 Å². The SMILES string of the molecule is COc1cccc(C(O)CNCCCCCSC)c1. The van der Waals surface area contributed by atoms with Gasteiger partial charge >= 0.3 is 0 Å². The maximum absolute atomic E-state index is 10.1. The van der Waals surface area contributed by atoms with Gasteiger partial charge in [0.2, 0.25) is 0 Å². The largest absolute Gasteiger partial charge is 0.497 e. The minimum absolute atomic E-state index is 0.471. The standard InChI is InChI=1S/C15H25NO2S/c1-18-14-8-6-7-13(11-14)15(17)12-16-9-4-3-5-10-19-2/h6-8,11,15-17H,3-5,9-10,12H2,1-2H3. The van der Waals surface area contributed by atoms with Crippen molar-refractivity contribution in [3.05, 3.63) is 29.8 Å². The van der Waals surface area contributed by atoms with Gasteiger partial charge in [-0.15, -0.1) is 0 Å². The third-order valence-electron chi connectivity index (χ3n) is 3.02. The lowest BCUT2D eigenvalue weighted by molar-refractivity contribution is 0.174. The van der Waals surface area contributed by atoms with Crippen LogP contribution in [-0.4, -0.2) is 37.3 Å². The highest BCUT2D eigenvalue weighted by molar-refractivity contribution is 7.98. The van der Waals surface area contributed by atoms with E-state index in [1.165, 1.54) is 25.0 Å². The van der Waals surface area contributed by atoms with E-state index in [2.05, 4.69) is 11.6 Å². The van der Waals surface area contributed by atoms with Crippen LogP contribution in [0, 0.1) is 0 Å². The van der Waals surface area contributed by atoms with E-state index in [1.807, 2.05) is 36.0 Å². The first-order valence-corrected chi connectivity index (χ1v) is 8.19. The molecule has 4 heteroatoms. The van der Waals surface area contributed by atoms with Crippen molar-refractivity contribution in [3.8, 4) is 5.75 Å². The zero-order valence-corrected chi connectivity index (χ0v) is 12.7. The molecule has 0 aliphatic carbocycles. The number of rotatable bonds is 10.